The molecule has 1 aliphatic rings. The van der Waals surface area contributed by atoms with E-state index in [9.17, 15) is 0 Å². The highest BCUT2D eigenvalue weighted by atomic mass is 16.4. The molecule has 0 amide bonds. The van der Waals surface area contributed by atoms with Crippen LogP contribution in [0.25, 0.3) is 0 Å². The number of hydrogen-bond donors (Lipinski definition) is 3. The fourth-order valence-electron chi connectivity index (χ4n) is 2.56. The monoisotopic (exact) mass is 227 g/mol. The predicted molar refractivity (Wildman–Crippen MR) is 66.7 cm³/mol. The minimum Gasteiger partial charge on any atom is -0.409 e. The smallest absolute Gasteiger partial charge is 0.140 e. The molecule has 1 aliphatic carbocycles. The van der Waals surface area contributed by atoms with Crippen molar-refractivity contribution in [2.75, 3.05) is 0 Å². The van der Waals surface area contributed by atoms with E-state index in [0.717, 1.165) is 0 Å². The maximum absolute atomic E-state index is 8.53. The molecule has 1 fully saturated rings. The summed E-state index contributed by atoms with van der Waals surface area (Å²) in [5.74, 6) is 0.300. The van der Waals surface area contributed by atoms with Crippen molar-refractivity contribution >= 4 is 5.84 Å². The molecule has 0 heterocycles. The molecule has 0 aromatic heterocycles. The normalized spacial score (nSPS) is 27.7. The average Bonchev–Trinajstić information content (AvgIpc) is 2.21. The van der Waals surface area contributed by atoms with Gasteiger partial charge < -0.3 is 16.3 Å². The molecule has 4 nitrogen and oxygen atoms in total. The summed E-state index contributed by atoms with van der Waals surface area (Å²) in [6, 6.07) is 0.806. The van der Waals surface area contributed by atoms with Gasteiger partial charge >= 0.3 is 0 Å². The Morgan fingerprint density at radius 2 is 2.25 bits per heavy atom. The van der Waals surface area contributed by atoms with Crippen LogP contribution in [0.2, 0.25) is 0 Å². The molecule has 0 radical (unpaired) electrons. The Labute approximate surface area is 98.3 Å². The van der Waals surface area contributed by atoms with Crippen LogP contribution in [-0.4, -0.2) is 23.1 Å². The summed E-state index contributed by atoms with van der Waals surface area (Å²) in [4.78, 5) is 0. The largest absolute Gasteiger partial charge is 0.409 e. The summed E-state index contributed by atoms with van der Waals surface area (Å²) in [6.45, 7) is 6.72. The third kappa shape index (κ3) is 3.67. The molecule has 1 rings (SSSR count). The Morgan fingerprint density at radius 3 is 2.81 bits per heavy atom. The number of amidine groups is 1. The Kier molecular flexibility index (Phi) is 4.59. The van der Waals surface area contributed by atoms with Gasteiger partial charge in [0.2, 0.25) is 0 Å². The molecule has 2 unspecified atom stereocenters. The van der Waals surface area contributed by atoms with Crippen LogP contribution >= 0.6 is 0 Å². The van der Waals surface area contributed by atoms with Crippen LogP contribution in [0.4, 0.5) is 0 Å². The summed E-state index contributed by atoms with van der Waals surface area (Å²) in [7, 11) is 0. The first kappa shape index (κ1) is 13.3. The van der Waals surface area contributed by atoms with Crippen molar-refractivity contribution in [3.8, 4) is 0 Å². The van der Waals surface area contributed by atoms with Gasteiger partial charge in [0.25, 0.3) is 0 Å². The first-order valence-electron chi connectivity index (χ1n) is 6.18. The van der Waals surface area contributed by atoms with Crippen LogP contribution in [-0.2, 0) is 0 Å². The van der Waals surface area contributed by atoms with E-state index >= 15 is 0 Å². The van der Waals surface area contributed by atoms with Crippen LogP contribution in [0.3, 0.4) is 0 Å². The van der Waals surface area contributed by atoms with Gasteiger partial charge in [0.05, 0.1) is 0 Å². The van der Waals surface area contributed by atoms with Crippen molar-refractivity contribution in [3.63, 3.8) is 0 Å². The predicted octanol–water partition coefficient (Wildman–Crippen LogP) is 2.07. The number of oxime groups is 1. The molecule has 0 bridgehead atoms. The van der Waals surface area contributed by atoms with Gasteiger partial charge in [0.15, 0.2) is 0 Å². The zero-order valence-electron chi connectivity index (χ0n) is 10.7. The molecule has 2 atom stereocenters. The van der Waals surface area contributed by atoms with E-state index in [-0.39, 0.29) is 6.04 Å². The number of nitrogens with one attached hydrogen (secondary N) is 1. The molecule has 0 saturated heterocycles. The highest BCUT2D eigenvalue weighted by Crippen LogP contribution is 2.35. The highest BCUT2D eigenvalue weighted by molar-refractivity contribution is 5.80. The Balaban J connectivity index is 2.46. The molecule has 94 valence electrons. The minimum atomic E-state index is 0.262. The molecule has 0 spiro atoms. The van der Waals surface area contributed by atoms with Crippen molar-refractivity contribution < 1.29 is 5.21 Å². The van der Waals surface area contributed by atoms with Gasteiger partial charge in [-0.2, -0.15) is 0 Å². The fourth-order valence-corrected chi connectivity index (χ4v) is 2.56. The average molecular weight is 227 g/mol. The van der Waals surface area contributed by atoms with E-state index < -0.39 is 0 Å². The van der Waals surface area contributed by atoms with Gasteiger partial charge in [-0.25, -0.2) is 0 Å². The van der Waals surface area contributed by atoms with Crippen molar-refractivity contribution in [1.82, 2.24) is 5.32 Å². The van der Waals surface area contributed by atoms with Gasteiger partial charge in [0, 0.05) is 18.5 Å². The zero-order valence-corrected chi connectivity index (χ0v) is 10.7. The summed E-state index contributed by atoms with van der Waals surface area (Å²) < 4.78 is 0. The Hall–Kier alpha value is -0.770. The van der Waals surface area contributed by atoms with Gasteiger partial charge in [-0.15, -0.1) is 0 Å². The number of nitrogens with zero attached hydrogens (tertiary/aromatic N) is 1. The number of rotatable bonds is 4. The minimum absolute atomic E-state index is 0.262. The third-order valence-electron chi connectivity index (χ3n) is 3.64. The molecular weight excluding hydrogens is 202 g/mol. The van der Waals surface area contributed by atoms with Crippen LogP contribution in [0.1, 0.15) is 52.9 Å². The van der Waals surface area contributed by atoms with Crippen molar-refractivity contribution in [3.05, 3.63) is 0 Å². The number of hydrogen-bond acceptors (Lipinski definition) is 3. The fraction of sp³-hybridized carbons (Fsp3) is 0.917. The molecule has 4 N–H and O–H groups in total. The van der Waals surface area contributed by atoms with E-state index in [1.165, 1.54) is 25.7 Å². The van der Waals surface area contributed by atoms with Crippen LogP contribution in [0.15, 0.2) is 5.16 Å². The zero-order chi connectivity index (χ0) is 12.2. The lowest BCUT2D eigenvalue weighted by Gasteiger charge is -2.40. The van der Waals surface area contributed by atoms with E-state index in [2.05, 4.69) is 31.2 Å². The van der Waals surface area contributed by atoms with Crippen molar-refractivity contribution in [1.29, 1.82) is 0 Å². The molecule has 1 saturated carbocycles. The van der Waals surface area contributed by atoms with Gasteiger partial charge in [0.1, 0.15) is 5.84 Å². The Bertz CT molecular complexity index is 251. The van der Waals surface area contributed by atoms with Gasteiger partial charge in [-0.1, -0.05) is 31.8 Å². The maximum Gasteiger partial charge on any atom is 0.140 e. The molecule has 0 aromatic rings. The number of nitrogens with two attached hydrogens (primary N) is 1. The topological polar surface area (TPSA) is 70.6 Å². The standard InChI is InChI=1S/C12H25N3O/c1-9(8-11(13)15-16)14-10-6-4-5-7-12(10,2)3/h9-10,14,16H,4-8H2,1-3H3,(H2,13,15). The van der Waals surface area contributed by atoms with Crippen molar-refractivity contribution in [2.24, 2.45) is 16.3 Å². The highest BCUT2D eigenvalue weighted by Gasteiger charge is 2.32. The van der Waals surface area contributed by atoms with E-state index in [1.54, 1.807) is 0 Å². The SMILES string of the molecule is CC(CC(N)=NO)NC1CCCCC1(C)C. The van der Waals surface area contributed by atoms with Crippen LogP contribution in [0.5, 0.6) is 0 Å². The second-order valence-electron chi connectivity index (χ2n) is 5.65. The molecule has 4 heteroatoms. The first-order chi connectivity index (χ1) is 7.45. The first-order valence-corrected chi connectivity index (χ1v) is 6.18. The lowest BCUT2D eigenvalue weighted by atomic mass is 9.73. The molecule has 0 aliphatic heterocycles. The van der Waals surface area contributed by atoms with Gasteiger partial charge in [-0.05, 0) is 25.2 Å². The van der Waals surface area contributed by atoms with Gasteiger partial charge in [-0.3, -0.25) is 0 Å². The second kappa shape index (κ2) is 5.53. The van der Waals surface area contributed by atoms with Crippen LogP contribution < -0.4 is 11.1 Å². The lowest BCUT2D eigenvalue weighted by Crippen LogP contribution is -2.48. The van der Waals surface area contributed by atoms with E-state index in [4.69, 9.17) is 10.9 Å². The quantitative estimate of drug-likeness (QED) is 0.298. The maximum atomic E-state index is 8.53. The molecule has 16 heavy (non-hydrogen) atoms. The lowest BCUT2D eigenvalue weighted by molar-refractivity contribution is 0.158. The van der Waals surface area contributed by atoms with E-state index in [1.807, 2.05) is 0 Å². The third-order valence-corrected chi connectivity index (χ3v) is 3.64. The summed E-state index contributed by atoms with van der Waals surface area (Å²) in [5.41, 5.74) is 5.87. The Morgan fingerprint density at radius 1 is 1.56 bits per heavy atom. The second-order valence-corrected chi connectivity index (χ2v) is 5.65. The summed E-state index contributed by atoms with van der Waals surface area (Å²) >= 11 is 0. The summed E-state index contributed by atoms with van der Waals surface area (Å²) in [6.07, 6.45) is 5.74. The summed E-state index contributed by atoms with van der Waals surface area (Å²) in [5, 5.41) is 15.1. The molecule has 0 aromatic carbocycles. The van der Waals surface area contributed by atoms with Crippen LogP contribution in [0, 0.1) is 5.41 Å². The van der Waals surface area contributed by atoms with E-state index in [0.29, 0.717) is 23.7 Å². The van der Waals surface area contributed by atoms with Crippen molar-refractivity contribution in [2.45, 2.75) is 65.0 Å². The molecular formula is C12H25N3O.